The zero-order valence-electron chi connectivity index (χ0n) is 11.3. The van der Waals surface area contributed by atoms with Crippen molar-refractivity contribution in [2.45, 2.75) is 38.6 Å². The molecular formula is C14H20N2O3. The Hall–Kier alpha value is -1.36. The summed E-state index contributed by atoms with van der Waals surface area (Å²) in [6.45, 7) is 4.08. The van der Waals surface area contributed by atoms with Crippen LogP contribution in [0.3, 0.4) is 0 Å². The lowest BCUT2D eigenvalue weighted by molar-refractivity contribution is -0.141. The van der Waals surface area contributed by atoms with Gasteiger partial charge >= 0.3 is 0 Å². The summed E-state index contributed by atoms with van der Waals surface area (Å²) in [5.74, 6) is 1.06. The zero-order chi connectivity index (χ0) is 13.2. The van der Waals surface area contributed by atoms with Gasteiger partial charge in [-0.25, -0.2) is 0 Å². The molecule has 2 unspecified atom stereocenters. The number of aryl methyl sites for hydroxylation is 1. The highest BCUT2D eigenvalue weighted by Gasteiger charge is 2.36. The monoisotopic (exact) mass is 264 g/mol. The fourth-order valence-corrected chi connectivity index (χ4v) is 3.04. The SMILES string of the molecule is Cc1cc(C2CCCN2C(=O)C2CCCOC2)on1. The molecule has 1 amide bonds. The van der Waals surface area contributed by atoms with Gasteiger partial charge in [0.2, 0.25) is 5.91 Å². The minimum Gasteiger partial charge on any atom is -0.381 e. The van der Waals surface area contributed by atoms with E-state index in [0.717, 1.165) is 50.3 Å². The van der Waals surface area contributed by atoms with Gasteiger partial charge < -0.3 is 14.2 Å². The van der Waals surface area contributed by atoms with Crippen LogP contribution < -0.4 is 0 Å². The molecule has 2 fully saturated rings. The maximum atomic E-state index is 12.6. The molecule has 1 aromatic rings. The van der Waals surface area contributed by atoms with Crippen LogP contribution in [0.15, 0.2) is 10.6 Å². The van der Waals surface area contributed by atoms with Gasteiger partial charge in [-0.05, 0) is 32.6 Å². The van der Waals surface area contributed by atoms with Crippen molar-refractivity contribution < 1.29 is 14.1 Å². The number of nitrogens with zero attached hydrogens (tertiary/aromatic N) is 2. The van der Waals surface area contributed by atoms with Gasteiger partial charge in [0.1, 0.15) is 0 Å². The molecular weight excluding hydrogens is 244 g/mol. The largest absolute Gasteiger partial charge is 0.381 e. The maximum Gasteiger partial charge on any atom is 0.228 e. The third-order valence-electron chi connectivity index (χ3n) is 4.02. The summed E-state index contributed by atoms with van der Waals surface area (Å²) in [6, 6.07) is 2.00. The Bertz CT molecular complexity index is 451. The normalized spacial score (nSPS) is 27.7. The van der Waals surface area contributed by atoms with E-state index in [2.05, 4.69) is 5.16 Å². The van der Waals surface area contributed by atoms with Crippen LogP contribution in [0.4, 0.5) is 0 Å². The summed E-state index contributed by atoms with van der Waals surface area (Å²) in [5, 5.41) is 3.93. The van der Waals surface area contributed by atoms with Gasteiger partial charge in [-0.2, -0.15) is 0 Å². The number of hydrogen-bond acceptors (Lipinski definition) is 4. The van der Waals surface area contributed by atoms with Crippen LogP contribution in [-0.4, -0.2) is 35.7 Å². The molecule has 2 aliphatic heterocycles. The van der Waals surface area contributed by atoms with E-state index in [4.69, 9.17) is 9.26 Å². The van der Waals surface area contributed by atoms with Crippen molar-refractivity contribution in [3.05, 3.63) is 17.5 Å². The van der Waals surface area contributed by atoms with Gasteiger partial charge in [-0.15, -0.1) is 0 Å². The van der Waals surface area contributed by atoms with Crippen molar-refractivity contribution in [2.24, 2.45) is 5.92 Å². The van der Waals surface area contributed by atoms with E-state index in [0.29, 0.717) is 6.61 Å². The number of rotatable bonds is 2. The number of likely N-dealkylation sites (tertiary alicyclic amines) is 1. The topological polar surface area (TPSA) is 55.6 Å². The number of carbonyl (C=O) groups is 1. The summed E-state index contributed by atoms with van der Waals surface area (Å²) in [5.41, 5.74) is 0.871. The van der Waals surface area contributed by atoms with E-state index in [1.165, 1.54) is 0 Å². The molecule has 2 atom stereocenters. The lowest BCUT2D eigenvalue weighted by atomic mass is 10.00. The first-order chi connectivity index (χ1) is 9.25. The summed E-state index contributed by atoms with van der Waals surface area (Å²) < 4.78 is 10.8. The number of ether oxygens (including phenoxy) is 1. The van der Waals surface area contributed by atoms with Crippen molar-refractivity contribution in [3.8, 4) is 0 Å². The Balaban J connectivity index is 1.73. The Kier molecular flexibility index (Phi) is 3.55. The summed E-state index contributed by atoms with van der Waals surface area (Å²) in [4.78, 5) is 14.5. The van der Waals surface area contributed by atoms with Crippen LogP contribution in [-0.2, 0) is 9.53 Å². The van der Waals surface area contributed by atoms with Crippen LogP contribution in [0.5, 0.6) is 0 Å². The molecule has 2 aliphatic rings. The second-order valence-electron chi connectivity index (χ2n) is 5.47. The highest BCUT2D eigenvalue weighted by molar-refractivity contribution is 5.79. The van der Waals surface area contributed by atoms with Crippen molar-refractivity contribution in [2.75, 3.05) is 19.8 Å². The third kappa shape index (κ3) is 2.52. The maximum absolute atomic E-state index is 12.6. The van der Waals surface area contributed by atoms with Crippen molar-refractivity contribution in [3.63, 3.8) is 0 Å². The Morgan fingerprint density at radius 1 is 1.42 bits per heavy atom. The molecule has 19 heavy (non-hydrogen) atoms. The molecule has 0 radical (unpaired) electrons. The van der Waals surface area contributed by atoms with Gasteiger partial charge in [0, 0.05) is 19.2 Å². The quantitative estimate of drug-likeness (QED) is 0.820. The van der Waals surface area contributed by atoms with E-state index in [-0.39, 0.29) is 17.9 Å². The first-order valence-corrected chi connectivity index (χ1v) is 7.07. The number of amides is 1. The molecule has 5 nitrogen and oxygen atoms in total. The predicted octanol–water partition coefficient (Wildman–Crippen LogP) is 2.07. The van der Waals surface area contributed by atoms with E-state index in [1.807, 2.05) is 17.9 Å². The molecule has 0 bridgehead atoms. The minimum atomic E-state index is 0.0263. The fraction of sp³-hybridized carbons (Fsp3) is 0.714. The molecule has 0 aliphatic carbocycles. The molecule has 1 aromatic heterocycles. The summed E-state index contributed by atoms with van der Waals surface area (Å²) >= 11 is 0. The molecule has 2 saturated heterocycles. The third-order valence-corrected chi connectivity index (χ3v) is 4.02. The molecule has 0 aromatic carbocycles. The van der Waals surface area contributed by atoms with Crippen molar-refractivity contribution in [1.82, 2.24) is 10.1 Å². The number of aromatic nitrogens is 1. The molecule has 5 heteroatoms. The Morgan fingerprint density at radius 3 is 3.00 bits per heavy atom. The molecule has 0 saturated carbocycles. The summed E-state index contributed by atoms with van der Waals surface area (Å²) in [7, 11) is 0. The molecule has 0 spiro atoms. The number of carbonyl (C=O) groups excluding carboxylic acids is 1. The van der Waals surface area contributed by atoms with E-state index in [1.54, 1.807) is 0 Å². The lowest BCUT2D eigenvalue weighted by Crippen LogP contribution is -2.39. The molecule has 3 rings (SSSR count). The van der Waals surface area contributed by atoms with Gasteiger partial charge in [-0.1, -0.05) is 5.16 Å². The number of hydrogen-bond donors (Lipinski definition) is 0. The smallest absolute Gasteiger partial charge is 0.228 e. The summed E-state index contributed by atoms with van der Waals surface area (Å²) in [6.07, 6.45) is 3.92. The highest BCUT2D eigenvalue weighted by atomic mass is 16.5. The predicted molar refractivity (Wildman–Crippen MR) is 68.5 cm³/mol. The van der Waals surface area contributed by atoms with Crippen molar-refractivity contribution >= 4 is 5.91 Å². The molecule has 0 N–H and O–H groups in total. The minimum absolute atomic E-state index is 0.0263. The van der Waals surface area contributed by atoms with Crippen LogP contribution in [0.2, 0.25) is 0 Å². The van der Waals surface area contributed by atoms with Crippen LogP contribution in [0.1, 0.15) is 43.2 Å². The molecule has 104 valence electrons. The highest BCUT2D eigenvalue weighted by Crippen LogP contribution is 2.34. The van der Waals surface area contributed by atoms with E-state index >= 15 is 0 Å². The fourth-order valence-electron chi connectivity index (χ4n) is 3.04. The Morgan fingerprint density at radius 2 is 2.32 bits per heavy atom. The van der Waals surface area contributed by atoms with Crippen LogP contribution >= 0.6 is 0 Å². The Labute approximate surface area is 112 Å². The van der Waals surface area contributed by atoms with Gasteiger partial charge in [0.25, 0.3) is 0 Å². The zero-order valence-corrected chi connectivity index (χ0v) is 11.3. The van der Waals surface area contributed by atoms with Crippen molar-refractivity contribution in [1.29, 1.82) is 0 Å². The average molecular weight is 264 g/mol. The lowest BCUT2D eigenvalue weighted by Gasteiger charge is -2.29. The van der Waals surface area contributed by atoms with Gasteiger partial charge in [0.15, 0.2) is 5.76 Å². The first kappa shape index (κ1) is 12.7. The van der Waals surface area contributed by atoms with E-state index in [9.17, 15) is 4.79 Å². The standard InChI is InChI=1S/C14H20N2O3/c1-10-8-13(19-15-10)12-5-2-6-16(12)14(17)11-4-3-7-18-9-11/h8,11-12H,2-7,9H2,1H3. The second-order valence-corrected chi connectivity index (χ2v) is 5.47. The molecule has 3 heterocycles. The van der Waals surface area contributed by atoms with Gasteiger partial charge in [-0.3, -0.25) is 4.79 Å². The second kappa shape index (κ2) is 5.33. The van der Waals surface area contributed by atoms with Crippen LogP contribution in [0.25, 0.3) is 0 Å². The first-order valence-electron chi connectivity index (χ1n) is 7.07. The van der Waals surface area contributed by atoms with Gasteiger partial charge in [0.05, 0.1) is 24.3 Å². The van der Waals surface area contributed by atoms with E-state index < -0.39 is 0 Å². The van der Waals surface area contributed by atoms with Crippen LogP contribution in [0, 0.1) is 12.8 Å². The average Bonchev–Trinajstić information content (AvgIpc) is 3.07.